The third-order valence-corrected chi connectivity index (χ3v) is 7.86. The molecule has 2 atom stereocenters. The second kappa shape index (κ2) is 10.8. The van der Waals surface area contributed by atoms with Gasteiger partial charge >= 0.3 is 0 Å². The normalized spacial score (nSPS) is 13.2. The van der Waals surface area contributed by atoms with Crippen molar-refractivity contribution in [2.75, 3.05) is 0 Å². The number of benzene rings is 3. The summed E-state index contributed by atoms with van der Waals surface area (Å²) in [6.45, 7) is 2.13. The molecule has 0 aliphatic heterocycles. The lowest BCUT2D eigenvalue weighted by molar-refractivity contribution is -0.119. The fraction of sp³-hybridized carbons (Fsp3) is 0.219. The fourth-order valence-corrected chi connectivity index (χ4v) is 5.59. The van der Waals surface area contributed by atoms with Crippen molar-refractivity contribution in [3.63, 3.8) is 0 Å². The van der Waals surface area contributed by atoms with Crippen LogP contribution in [0.1, 0.15) is 41.2 Å². The summed E-state index contributed by atoms with van der Waals surface area (Å²) in [5, 5.41) is 11.6. The molecule has 8 nitrogen and oxygen atoms in total. The Bertz CT molecular complexity index is 1780. The fourth-order valence-electron chi connectivity index (χ4n) is 5.59. The van der Waals surface area contributed by atoms with Crippen LogP contribution in [0, 0.1) is 0 Å². The van der Waals surface area contributed by atoms with Gasteiger partial charge in [-0.1, -0.05) is 55.5 Å². The molecular formula is C32H33N7O. The Labute approximate surface area is 232 Å². The number of aromatic nitrogens is 5. The van der Waals surface area contributed by atoms with E-state index >= 15 is 0 Å². The Balaban J connectivity index is 1.42. The van der Waals surface area contributed by atoms with Crippen molar-refractivity contribution in [3.8, 4) is 5.69 Å². The minimum absolute atomic E-state index is 0.475. The van der Waals surface area contributed by atoms with Crippen molar-refractivity contribution in [1.29, 1.82) is 0 Å². The molecule has 0 aliphatic rings. The molecule has 0 saturated carbocycles. The van der Waals surface area contributed by atoms with Gasteiger partial charge in [0.25, 0.3) is 0 Å². The van der Waals surface area contributed by atoms with E-state index in [1.165, 1.54) is 16.5 Å². The number of para-hydroxylation sites is 2. The first-order valence-electron chi connectivity index (χ1n) is 13.7. The number of nitrogens with two attached hydrogens (primary N) is 2. The van der Waals surface area contributed by atoms with Crippen LogP contribution >= 0.6 is 0 Å². The smallest absolute Gasteiger partial charge is 0.235 e. The monoisotopic (exact) mass is 531 g/mol. The summed E-state index contributed by atoms with van der Waals surface area (Å²) >= 11 is 0. The van der Waals surface area contributed by atoms with Crippen molar-refractivity contribution in [2.45, 2.75) is 44.6 Å². The molecule has 0 radical (unpaired) electrons. The van der Waals surface area contributed by atoms with Gasteiger partial charge in [-0.2, -0.15) is 0 Å². The summed E-state index contributed by atoms with van der Waals surface area (Å²) in [6.07, 6.45) is 6.91. The number of carbonyl (C=O) groups excluding carboxylic acids is 1. The highest BCUT2D eigenvalue weighted by atomic mass is 16.1. The van der Waals surface area contributed by atoms with Crippen LogP contribution in [-0.4, -0.2) is 36.7 Å². The molecule has 3 aromatic carbocycles. The average Bonchev–Trinajstić information content (AvgIpc) is 3.71. The highest BCUT2D eigenvalue weighted by Crippen LogP contribution is 2.30. The Morgan fingerprint density at radius 2 is 1.48 bits per heavy atom. The average molecular weight is 532 g/mol. The maximum atomic E-state index is 12.5. The van der Waals surface area contributed by atoms with Gasteiger partial charge in [0.05, 0.1) is 6.04 Å². The van der Waals surface area contributed by atoms with Crippen LogP contribution in [0.4, 0.5) is 0 Å². The number of amides is 1. The zero-order chi connectivity index (χ0) is 27.6. The van der Waals surface area contributed by atoms with Crippen molar-refractivity contribution >= 4 is 27.7 Å². The number of hydrogen-bond acceptors (Lipinski definition) is 4. The summed E-state index contributed by atoms with van der Waals surface area (Å²) in [5.74, 6) is 0.401. The van der Waals surface area contributed by atoms with Gasteiger partial charge in [0.1, 0.15) is 11.6 Å². The van der Waals surface area contributed by atoms with Gasteiger partial charge in [0.2, 0.25) is 5.91 Å². The van der Waals surface area contributed by atoms with E-state index in [2.05, 4.69) is 86.4 Å². The minimum atomic E-state index is -0.937. The van der Waals surface area contributed by atoms with Crippen LogP contribution in [0.5, 0.6) is 0 Å². The predicted molar refractivity (Wildman–Crippen MR) is 158 cm³/mol. The van der Waals surface area contributed by atoms with Crippen molar-refractivity contribution in [1.82, 2.24) is 24.7 Å². The van der Waals surface area contributed by atoms with Crippen molar-refractivity contribution in [3.05, 3.63) is 114 Å². The molecule has 1 amide bonds. The summed E-state index contributed by atoms with van der Waals surface area (Å²) in [5.41, 5.74) is 18.9. The first-order valence-corrected chi connectivity index (χ1v) is 13.7. The van der Waals surface area contributed by atoms with E-state index in [4.69, 9.17) is 11.5 Å². The Kier molecular flexibility index (Phi) is 6.92. The molecule has 0 fully saturated rings. The van der Waals surface area contributed by atoms with Crippen LogP contribution in [-0.2, 0) is 30.5 Å². The molecule has 0 aliphatic carbocycles. The van der Waals surface area contributed by atoms with Crippen LogP contribution < -0.4 is 11.5 Å². The van der Waals surface area contributed by atoms with E-state index in [0.29, 0.717) is 18.7 Å². The number of hydrogen-bond donors (Lipinski definition) is 4. The second-order valence-electron chi connectivity index (χ2n) is 10.3. The van der Waals surface area contributed by atoms with Crippen molar-refractivity contribution < 1.29 is 4.79 Å². The molecule has 3 aromatic heterocycles. The molecule has 3 heterocycles. The van der Waals surface area contributed by atoms with E-state index in [9.17, 15) is 4.79 Å². The Morgan fingerprint density at radius 3 is 2.12 bits per heavy atom. The molecule has 6 N–H and O–H groups in total. The summed E-state index contributed by atoms with van der Waals surface area (Å²) in [4.78, 5) is 19.2. The number of primary amides is 1. The van der Waals surface area contributed by atoms with Gasteiger partial charge in [-0.05, 0) is 60.2 Å². The molecule has 6 rings (SSSR count). The van der Waals surface area contributed by atoms with Gasteiger partial charge in [-0.25, -0.2) is 0 Å². The number of nitrogens with one attached hydrogen (secondary N) is 2. The van der Waals surface area contributed by atoms with E-state index < -0.39 is 17.9 Å². The van der Waals surface area contributed by atoms with E-state index in [1.54, 1.807) is 0 Å². The SMILES string of the molecule is CCc1ccc(-n2c(CCc3c[nH]c4ccccc34)nnc2[C@H](Cc2c[nH]c3ccccc23)C(N)C(N)=O)cc1. The summed E-state index contributed by atoms with van der Waals surface area (Å²) < 4.78 is 2.07. The zero-order valence-corrected chi connectivity index (χ0v) is 22.5. The van der Waals surface area contributed by atoms with E-state index in [0.717, 1.165) is 46.3 Å². The molecule has 1 unspecified atom stereocenters. The van der Waals surface area contributed by atoms with Gasteiger partial charge in [0, 0.05) is 52.2 Å². The van der Waals surface area contributed by atoms with Gasteiger partial charge < -0.3 is 21.4 Å². The Hall–Kier alpha value is -4.69. The molecular weight excluding hydrogens is 498 g/mol. The molecule has 202 valence electrons. The third-order valence-electron chi connectivity index (χ3n) is 7.86. The number of aryl methyl sites for hydroxylation is 3. The number of aromatic amines is 2. The first kappa shape index (κ1) is 25.6. The van der Waals surface area contributed by atoms with E-state index in [-0.39, 0.29) is 0 Å². The predicted octanol–water partition coefficient (Wildman–Crippen LogP) is 4.72. The molecule has 0 saturated heterocycles. The van der Waals surface area contributed by atoms with E-state index in [1.807, 2.05) is 30.5 Å². The van der Waals surface area contributed by atoms with Crippen molar-refractivity contribution in [2.24, 2.45) is 11.5 Å². The highest BCUT2D eigenvalue weighted by Gasteiger charge is 2.31. The number of H-pyrrole nitrogens is 2. The van der Waals surface area contributed by atoms with Crippen LogP contribution in [0.3, 0.4) is 0 Å². The first-order chi connectivity index (χ1) is 19.5. The van der Waals surface area contributed by atoms with Crippen LogP contribution in [0.15, 0.2) is 85.2 Å². The molecule has 0 bridgehead atoms. The number of nitrogens with zero attached hydrogens (tertiary/aromatic N) is 3. The maximum Gasteiger partial charge on any atom is 0.235 e. The van der Waals surface area contributed by atoms with Gasteiger partial charge in [-0.15, -0.1) is 10.2 Å². The standard InChI is InChI=1S/C32H33N7O/c1-2-20-11-14-23(15-12-20)39-29(16-13-21-18-35-27-9-5-3-7-24(21)27)37-38-32(39)26(30(33)31(34)40)17-22-19-36-28-10-6-4-8-25(22)28/h3-12,14-15,18-19,26,30,35-36H,2,13,16-17,33H2,1H3,(H2,34,40)/t26-,30?/m1/s1. The molecule has 0 spiro atoms. The lowest BCUT2D eigenvalue weighted by atomic mass is 9.90. The van der Waals surface area contributed by atoms with Gasteiger partial charge in [-0.3, -0.25) is 9.36 Å². The second-order valence-corrected chi connectivity index (χ2v) is 10.3. The quantitative estimate of drug-likeness (QED) is 0.204. The largest absolute Gasteiger partial charge is 0.368 e. The van der Waals surface area contributed by atoms with Crippen LogP contribution in [0.25, 0.3) is 27.5 Å². The molecule has 40 heavy (non-hydrogen) atoms. The van der Waals surface area contributed by atoms with Gasteiger partial charge in [0.15, 0.2) is 0 Å². The third kappa shape index (κ3) is 4.78. The molecule has 8 heteroatoms. The summed E-state index contributed by atoms with van der Waals surface area (Å²) in [7, 11) is 0. The lowest BCUT2D eigenvalue weighted by Gasteiger charge is -2.22. The zero-order valence-electron chi connectivity index (χ0n) is 22.5. The number of carbonyl (C=O) groups is 1. The summed E-state index contributed by atoms with van der Waals surface area (Å²) in [6, 6.07) is 23.8. The molecule has 6 aromatic rings. The Morgan fingerprint density at radius 1 is 0.850 bits per heavy atom. The minimum Gasteiger partial charge on any atom is -0.368 e. The van der Waals surface area contributed by atoms with Crippen LogP contribution in [0.2, 0.25) is 0 Å². The topological polar surface area (TPSA) is 131 Å². The maximum absolute atomic E-state index is 12.5. The number of rotatable bonds is 10. The highest BCUT2D eigenvalue weighted by molar-refractivity contribution is 5.84. The number of fused-ring (bicyclic) bond motifs is 2. The lowest BCUT2D eigenvalue weighted by Crippen LogP contribution is -2.43.